The number of hydrogen-bond donors (Lipinski definition) is 8. The van der Waals surface area contributed by atoms with Crippen LogP contribution in [-0.4, -0.2) is 138 Å². The Labute approximate surface area is 631 Å². The largest absolute Gasteiger partial charge is 0.508 e. The fraction of sp³-hybridized carbons (Fsp3) is 0.312. The van der Waals surface area contributed by atoms with Crippen molar-refractivity contribution < 1.29 is 20.4 Å². The van der Waals surface area contributed by atoms with E-state index in [9.17, 15) is 20.4 Å². The van der Waals surface area contributed by atoms with Gasteiger partial charge in [-0.3, -0.25) is 19.6 Å². The molecule has 0 amide bonds. The van der Waals surface area contributed by atoms with Crippen LogP contribution in [0.1, 0.15) is 127 Å². The first kappa shape index (κ1) is 74.5. The second kappa shape index (κ2) is 37.5. The molecule has 106 heavy (non-hydrogen) atoms. The Balaban J connectivity index is 0.000000125. The van der Waals surface area contributed by atoms with E-state index in [-0.39, 0.29) is 0 Å². The molecule has 8 heterocycles. The predicted molar refractivity (Wildman–Crippen MR) is 443 cm³/mol. The lowest BCUT2D eigenvalue weighted by Gasteiger charge is -2.26. The number of phenols is 4. The first-order valence-electron chi connectivity index (χ1n) is 38.7. The molecule has 0 fully saturated rings. The van der Waals surface area contributed by atoms with Crippen LogP contribution in [0, 0.1) is 6.92 Å². The van der Waals surface area contributed by atoms with E-state index in [1.807, 2.05) is 36.5 Å². The van der Waals surface area contributed by atoms with Crippen molar-refractivity contribution in [2.75, 3.05) is 78.5 Å². The maximum atomic E-state index is 10.2. The lowest BCUT2D eigenvalue weighted by Crippen LogP contribution is -2.29. The third-order valence-corrected chi connectivity index (χ3v) is 22.2. The highest BCUT2D eigenvalue weighted by Gasteiger charge is 2.19. The molecule has 0 unspecified atom stereocenters. The van der Waals surface area contributed by atoms with Crippen molar-refractivity contribution in [2.24, 2.45) is 0 Å². The lowest BCUT2D eigenvalue weighted by atomic mass is 9.99. The van der Waals surface area contributed by atoms with Crippen molar-refractivity contribution in [3.63, 3.8) is 0 Å². The summed E-state index contributed by atoms with van der Waals surface area (Å²) in [6.45, 7) is 15.6. The minimum absolute atomic E-state index is 0.306. The summed E-state index contributed by atoms with van der Waals surface area (Å²) in [6.07, 6.45) is 33.9. The van der Waals surface area contributed by atoms with Gasteiger partial charge in [0.05, 0.1) is 10.5 Å². The van der Waals surface area contributed by atoms with Crippen molar-refractivity contribution in [3.8, 4) is 23.0 Å². The van der Waals surface area contributed by atoms with Crippen molar-refractivity contribution in [3.05, 3.63) is 286 Å². The van der Waals surface area contributed by atoms with Crippen LogP contribution >= 0.6 is 11.6 Å². The number of phenolic OH excluding ortho intramolecular Hbond substituents is 4. The molecule has 8 aromatic carbocycles. The summed E-state index contributed by atoms with van der Waals surface area (Å²) in [5.41, 5.74) is 21.9. The topological polar surface area (TPSA) is 157 Å². The minimum atomic E-state index is 0.306. The Morgan fingerprint density at radius 3 is 1.20 bits per heavy atom. The average Bonchev–Trinajstić information content (AvgIpc) is 1.66. The Bertz CT molecular complexity index is 4910. The number of aromatic nitrogens is 4. The highest BCUT2D eigenvalue weighted by molar-refractivity contribution is 6.35. The number of nitrogens with zero attached hydrogens (tertiary/aromatic N) is 4. The Kier molecular flexibility index (Phi) is 26.3. The number of aromatic amines is 4. The first-order chi connectivity index (χ1) is 52.0. The molecular weight excluding hydrogens is 1330 g/mol. The number of rotatable bonds is 24. The van der Waals surface area contributed by atoms with E-state index in [1.54, 1.807) is 36.4 Å². The number of H-pyrrole nitrogens is 4. The van der Waals surface area contributed by atoms with Crippen molar-refractivity contribution in [1.29, 1.82) is 0 Å². The molecule has 0 atom stereocenters. The monoisotopic (exact) mass is 1430 g/mol. The number of nitrogens with one attached hydrogen (secondary N) is 4. The number of aryl methyl sites for hydroxylation is 5. The van der Waals surface area contributed by atoms with Gasteiger partial charge in [-0.25, -0.2) is 0 Å². The molecule has 4 aliphatic heterocycles. The van der Waals surface area contributed by atoms with Gasteiger partial charge in [0.2, 0.25) is 0 Å². The molecule has 16 rings (SSSR count). The quantitative estimate of drug-likeness (QED) is 0.0278. The van der Waals surface area contributed by atoms with Crippen LogP contribution < -0.4 is 0 Å². The van der Waals surface area contributed by atoms with Crippen molar-refractivity contribution in [1.82, 2.24) is 39.5 Å². The molecule has 13 heteroatoms. The van der Waals surface area contributed by atoms with Crippen LogP contribution in [0.5, 0.6) is 23.0 Å². The van der Waals surface area contributed by atoms with Gasteiger partial charge in [0.25, 0.3) is 0 Å². The zero-order chi connectivity index (χ0) is 72.8. The summed E-state index contributed by atoms with van der Waals surface area (Å²) in [5, 5.41) is 44.3. The van der Waals surface area contributed by atoms with Crippen LogP contribution in [0.2, 0.25) is 5.02 Å². The van der Waals surface area contributed by atoms with Gasteiger partial charge in [0.15, 0.2) is 0 Å². The molecule has 0 bridgehead atoms. The maximum absolute atomic E-state index is 10.2. The van der Waals surface area contributed by atoms with E-state index in [4.69, 9.17) is 11.6 Å². The molecular formula is C93H105ClN8O4. The summed E-state index contributed by atoms with van der Waals surface area (Å²) < 4.78 is 0. The molecule has 12 aromatic rings. The van der Waals surface area contributed by atoms with Gasteiger partial charge in [0, 0.05) is 121 Å². The Morgan fingerprint density at radius 2 is 0.745 bits per heavy atom. The highest BCUT2D eigenvalue weighted by atomic mass is 35.5. The summed E-state index contributed by atoms with van der Waals surface area (Å²) in [7, 11) is 0. The van der Waals surface area contributed by atoms with E-state index in [0.717, 1.165) is 175 Å². The van der Waals surface area contributed by atoms with E-state index in [0.29, 0.717) is 28.0 Å². The summed E-state index contributed by atoms with van der Waals surface area (Å²) in [5.74, 6) is 1.31. The molecule has 0 aliphatic carbocycles. The standard InChI is InChI=1S/C24H28N2O.C23H25ClN2O.2C23H26N2O/c1-18-22(23-17-21(27)10-11-24(23)25-18)9-5-6-14-26-15-12-20(13-16-26)19-7-3-2-4-8-19;24-20-9-10-21(27)22-19(16-25-23(20)22)8-4-5-13-26-14-11-18(12-15-26)17-6-2-1-3-7-17;26-21-9-10-23-22(16-21)20(17-24-23)8-4-5-13-25-14-11-19(12-15-25)18-6-2-1-3-7-18;26-21-9-10-22-20(17-24-23(22)16-21)8-4-5-13-25-14-11-19(12-15-25)18-6-2-1-3-7-18/h2-4,7-8,10-12,17,25,27H,5-6,9,13-16H2,1H3;1-3,6-7,9-11,16,25,27H,4-5,8,12-15H2;2*1-3,6-7,9-11,16-17,24,26H,4-5,8,12-15H2. The van der Waals surface area contributed by atoms with Crippen LogP contribution in [0.4, 0.5) is 0 Å². The number of aromatic hydroxyl groups is 4. The molecule has 12 nitrogen and oxygen atoms in total. The second-order valence-electron chi connectivity index (χ2n) is 29.1. The second-order valence-corrected chi connectivity index (χ2v) is 29.5. The molecule has 0 radical (unpaired) electrons. The minimum Gasteiger partial charge on any atom is -0.508 e. The van der Waals surface area contributed by atoms with Gasteiger partial charge in [-0.15, -0.1) is 0 Å². The smallest absolute Gasteiger partial charge is 0.125 e. The van der Waals surface area contributed by atoms with Gasteiger partial charge < -0.3 is 40.4 Å². The van der Waals surface area contributed by atoms with Gasteiger partial charge in [-0.05, 0) is 263 Å². The van der Waals surface area contributed by atoms with Crippen LogP contribution in [-0.2, 0) is 25.7 Å². The van der Waals surface area contributed by atoms with Crippen LogP contribution in [0.25, 0.3) is 65.9 Å². The van der Waals surface area contributed by atoms with Crippen molar-refractivity contribution in [2.45, 2.75) is 110 Å². The third-order valence-electron chi connectivity index (χ3n) is 21.9. The maximum Gasteiger partial charge on any atom is 0.125 e. The number of hydrogen-bond acceptors (Lipinski definition) is 8. The molecule has 548 valence electrons. The molecule has 4 aliphatic rings. The molecule has 0 saturated heterocycles. The van der Waals surface area contributed by atoms with Crippen LogP contribution in [0.3, 0.4) is 0 Å². The summed E-state index contributed by atoms with van der Waals surface area (Å²) in [6, 6.07) is 63.0. The number of halogens is 1. The summed E-state index contributed by atoms with van der Waals surface area (Å²) >= 11 is 6.21. The van der Waals surface area contributed by atoms with E-state index in [2.05, 4.69) is 204 Å². The van der Waals surface area contributed by atoms with Gasteiger partial charge in [0.1, 0.15) is 23.0 Å². The van der Waals surface area contributed by atoms with E-state index < -0.39 is 0 Å². The van der Waals surface area contributed by atoms with Crippen LogP contribution in [0.15, 0.2) is 231 Å². The number of benzene rings is 8. The summed E-state index contributed by atoms with van der Waals surface area (Å²) in [4.78, 5) is 23.4. The predicted octanol–water partition coefficient (Wildman–Crippen LogP) is 20.9. The van der Waals surface area contributed by atoms with Gasteiger partial charge in [-0.2, -0.15) is 0 Å². The van der Waals surface area contributed by atoms with Gasteiger partial charge in [-0.1, -0.05) is 157 Å². The normalized spacial score (nSPS) is 15.3. The van der Waals surface area contributed by atoms with E-state index >= 15 is 0 Å². The SMILES string of the molecule is Cc1[nH]c2ccc(O)cc2c1CCCCN1CC=C(c2ccccc2)CC1.Oc1ccc(Cl)c2[nH]cc(CCCCN3CC=C(c4ccccc4)CC3)c12.Oc1ccc2[nH]cc(CCCCN3CC=C(c4ccccc4)CC3)c2c1.Oc1ccc2c(CCCCN3CC=C(c4ccccc4)CC3)c[nH]c2c1. The zero-order valence-electron chi connectivity index (χ0n) is 61.7. The average molecular weight is 1430 g/mol. The molecule has 0 saturated carbocycles. The number of unbranched alkanes of at least 4 members (excludes halogenated alkanes) is 4. The molecule has 4 aromatic heterocycles. The Hall–Kier alpha value is -9.79. The third kappa shape index (κ3) is 20.2. The van der Waals surface area contributed by atoms with Gasteiger partial charge >= 0.3 is 0 Å². The molecule has 8 N–H and O–H groups in total. The fourth-order valence-electron chi connectivity index (χ4n) is 15.8. The highest BCUT2D eigenvalue weighted by Crippen LogP contribution is 2.35. The zero-order valence-corrected chi connectivity index (χ0v) is 62.4. The lowest BCUT2D eigenvalue weighted by molar-refractivity contribution is 0.295. The van der Waals surface area contributed by atoms with Crippen molar-refractivity contribution >= 4 is 77.5 Å². The van der Waals surface area contributed by atoms with E-state index in [1.165, 1.54) is 123 Å². The number of fused-ring (bicyclic) bond motifs is 4. The Morgan fingerprint density at radius 1 is 0.358 bits per heavy atom. The first-order valence-corrected chi connectivity index (χ1v) is 39.1. The molecule has 0 spiro atoms. The fourth-order valence-corrected chi connectivity index (χ4v) is 16.0.